The third-order valence-corrected chi connectivity index (χ3v) is 7.60. The van der Waals surface area contributed by atoms with Crippen molar-refractivity contribution in [2.75, 3.05) is 12.3 Å². The Kier molecular flexibility index (Phi) is 6.79. The van der Waals surface area contributed by atoms with E-state index in [1.165, 1.54) is 22.6 Å². The Morgan fingerprint density at radius 2 is 1.96 bits per heavy atom. The fourth-order valence-electron chi connectivity index (χ4n) is 3.56. The molecule has 0 spiro atoms. The summed E-state index contributed by atoms with van der Waals surface area (Å²) in [6, 6.07) is 14.4. The zero-order valence-electron chi connectivity index (χ0n) is 15.2. The largest absolute Gasteiger partial charge is 0.388 e. The number of nitrogens with one attached hydrogen (secondary N) is 1. The SMILES string of the molecule is CC(O)c1ccc(C2(CNC(=O)CCSc3ccccc3)CCCC2)s1. The first-order valence-electron chi connectivity index (χ1n) is 9.32. The van der Waals surface area contributed by atoms with E-state index in [2.05, 4.69) is 23.5 Å². The second-order valence-corrected chi connectivity index (χ2v) is 9.34. The monoisotopic (exact) mass is 389 g/mol. The first-order valence-corrected chi connectivity index (χ1v) is 11.1. The lowest BCUT2D eigenvalue weighted by Gasteiger charge is -2.28. The summed E-state index contributed by atoms with van der Waals surface area (Å²) < 4.78 is 0. The van der Waals surface area contributed by atoms with Crippen molar-refractivity contribution in [3.8, 4) is 0 Å². The lowest BCUT2D eigenvalue weighted by molar-refractivity contribution is -0.120. The highest BCUT2D eigenvalue weighted by molar-refractivity contribution is 7.99. The van der Waals surface area contributed by atoms with Gasteiger partial charge in [-0.3, -0.25) is 4.79 Å². The van der Waals surface area contributed by atoms with E-state index in [1.807, 2.05) is 31.2 Å². The lowest BCUT2D eigenvalue weighted by Crippen LogP contribution is -2.38. The maximum Gasteiger partial charge on any atom is 0.220 e. The van der Waals surface area contributed by atoms with Crippen molar-refractivity contribution < 1.29 is 9.90 Å². The van der Waals surface area contributed by atoms with Gasteiger partial charge in [0.05, 0.1) is 6.10 Å². The summed E-state index contributed by atoms with van der Waals surface area (Å²) in [6.45, 7) is 2.52. The molecule has 0 aliphatic heterocycles. The van der Waals surface area contributed by atoms with Gasteiger partial charge in [-0.2, -0.15) is 0 Å². The van der Waals surface area contributed by atoms with Crippen molar-refractivity contribution in [2.45, 2.75) is 55.4 Å². The van der Waals surface area contributed by atoms with E-state index in [0.717, 1.165) is 23.5 Å². The van der Waals surface area contributed by atoms with Crippen LogP contribution in [0.15, 0.2) is 47.4 Å². The Bertz CT molecular complexity index is 706. The zero-order valence-corrected chi connectivity index (χ0v) is 16.9. The maximum absolute atomic E-state index is 12.3. The molecular weight excluding hydrogens is 362 g/mol. The third kappa shape index (κ3) is 4.90. The molecule has 0 bridgehead atoms. The van der Waals surface area contributed by atoms with E-state index in [-0.39, 0.29) is 11.3 Å². The molecule has 1 unspecified atom stereocenters. The van der Waals surface area contributed by atoms with E-state index in [9.17, 15) is 9.90 Å². The minimum Gasteiger partial charge on any atom is -0.388 e. The van der Waals surface area contributed by atoms with Gasteiger partial charge in [-0.1, -0.05) is 31.0 Å². The highest BCUT2D eigenvalue weighted by Crippen LogP contribution is 2.44. The van der Waals surface area contributed by atoms with Crippen LogP contribution < -0.4 is 5.32 Å². The van der Waals surface area contributed by atoms with Crippen LogP contribution in [0, 0.1) is 0 Å². The molecule has 2 N–H and O–H groups in total. The van der Waals surface area contributed by atoms with Crippen molar-refractivity contribution in [3.63, 3.8) is 0 Å². The normalized spacial score (nSPS) is 17.2. The Morgan fingerprint density at radius 1 is 1.23 bits per heavy atom. The van der Waals surface area contributed by atoms with Crippen LogP contribution in [0.1, 0.15) is 54.9 Å². The molecule has 2 aromatic rings. The Hall–Kier alpha value is -1.30. The van der Waals surface area contributed by atoms with Crippen molar-refractivity contribution in [1.29, 1.82) is 0 Å². The highest BCUT2D eigenvalue weighted by atomic mass is 32.2. The molecule has 1 amide bonds. The van der Waals surface area contributed by atoms with Crippen LogP contribution in [0.2, 0.25) is 0 Å². The van der Waals surface area contributed by atoms with Gasteiger partial charge in [0.15, 0.2) is 0 Å². The molecule has 1 saturated carbocycles. The standard InChI is InChI=1S/C21H27NO2S2/c1-16(23)18-9-10-19(26-18)21(12-5-6-13-21)15-22-20(24)11-14-25-17-7-3-2-4-8-17/h2-4,7-10,16,23H,5-6,11-15H2,1H3,(H,22,24). The van der Waals surface area contributed by atoms with Crippen LogP contribution in [0.4, 0.5) is 0 Å². The van der Waals surface area contributed by atoms with Crippen molar-refractivity contribution in [3.05, 3.63) is 52.2 Å². The molecule has 140 valence electrons. The van der Waals surface area contributed by atoms with Gasteiger partial charge >= 0.3 is 0 Å². The van der Waals surface area contributed by atoms with Gasteiger partial charge in [-0.05, 0) is 44.0 Å². The van der Waals surface area contributed by atoms with E-state index in [0.29, 0.717) is 13.0 Å². The highest BCUT2D eigenvalue weighted by Gasteiger charge is 2.37. The van der Waals surface area contributed by atoms with Crippen molar-refractivity contribution >= 4 is 29.0 Å². The molecule has 3 nitrogen and oxygen atoms in total. The number of rotatable bonds is 8. The average Bonchev–Trinajstić information content (AvgIpc) is 3.31. The molecule has 1 aromatic heterocycles. The minimum atomic E-state index is -0.420. The molecule has 5 heteroatoms. The lowest BCUT2D eigenvalue weighted by atomic mass is 9.84. The first kappa shape index (κ1) is 19.5. The average molecular weight is 390 g/mol. The second kappa shape index (κ2) is 9.07. The number of thiophene rings is 1. The number of hydrogen-bond donors (Lipinski definition) is 2. The zero-order chi connectivity index (χ0) is 18.4. The Morgan fingerprint density at radius 3 is 2.62 bits per heavy atom. The number of amides is 1. The molecule has 26 heavy (non-hydrogen) atoms. The van der Waals surface area contributed by atoms with Crippen LogP contribution in [-0.4, -0.2) is 23.3 Å². The Labute approximate surface area is 164 Å². The quantitative estimate of drug-likeness (QED) is 0.631. The van der Waals surface area contributed by atoms with Crippen molar-refractivity contribution in [2.24, 2.45) is 0 Å². The number of carbonyl (C=O) groups is 1. The second-order valence-electron chi connectivity index (χ2n) is 7.05. The van der Waals surface area contributed by atoms with E-state index in [4.69, 9.17) is 0 Å². The maximum atomic E-state index is 12.3. The van der Waals surface area contributed by atoms with Gasteiger partial charge < -0.3 is 10.4 Å². The third-order valence-electron chi connectivity index (χ3n) is 5.09. The van der Waals surface area contributed by atoms with Gasteiger partial charge in [-0.15, -0.1) is 23.1 Å². The molecule has 0 saturated heterocycles. The molecule has 0 radical (unpaired) electrons. The molecule has 1 fully saturated rings. The number of aliphatic hydroxyl groups excluding tert-OH is 1. The predicted molar refractivity (Wildman–Crippen MR) is 110 cm³/mol. The predicted octanol–water partition coefficient (Wildman–Crippen LogP) is 4.91. The minimum absolute atomic E-state index is 0.0556. The van der Waals surface area contributed by atoms with Crippen LogP contribution in [0.25, 0.3) is 0 Å². The van der Waals surface area contributed by atoms with Crippen LogP contribution in [0.3, 0.4) is 0 Å². The molecular formula is C21H27NO2S2. The fraction of sp³-hybridized carbons (Fsp3) is 0.476. The van der Waals surface area contributed by atoms with Gasteiger partial charge in [0, 0.05) is 38.8 Å². The summed E-state index contributed by atoms with van der Waals surface area (Å²) >= 11 is 3.42. The number of hydrogen-bond acceptors (Lipinski definition) is 4. The summed E-state index contributed by atoms with van der Waals surface area (Å²) in [6.07, 6.45) is 4.77. The van der Waals surface area contributed by atoms with E-state index < -0.39 is 6.10 Å². The van der Waals surface area contributed by atoms with Crippen LogP contribution in [0.5, 0.6) is 0 Å². The van der Waals surface area contributed by atoms with Crippen LogP contribution in [-0.2, 0) is 10.2 Å². The summed E-state index contributed by atoms with van der Waals surface area (Å²) in [5, 5.41) is 13.0. The molecule has 1 atom stereocenters. The first-order chi connectivity index (χ1) is 12.6. The van der Waals surface area contributed by atoms with E-state index in [1.54, 1.807) is 23.1 Å². The number of carbonyl (C=O) groups excluding carboxylic acids is 1. The molecule has 1 aliphatic rings. The van der Waals surface area contributed by atoms with Gasteiger partial charge in [-0.25, -0.2) is 0 Å². The molecule has 1 heterocycles. The summed E-state index contributed by atoms with van der Waals surface area (Å²) in [5.41, 5.74) is 0.0556. The van der Waals surface area contributed by atoms with Gasteiger partial charge in [0.2, 0.25) is 5.91 Å². The van der Waals surface area contributed by atoms with Gasteiger partial charge in [0.1, 0.15) is 0 Å². The number of thioether (sulfide) groups is 1. The molecule has 1 aromatic carbocycles. The molecule has 1 aliphatic carbocycles. The van der Waals surface area contributed by atoms with Gasteiger partial charge in [0.25, 0.3) is 0 Å². The topological polar surface area (TPSA) is 49.3 Å². The van der Waals surface area contributed by atoms with Crippen LogP contribution >= 0.6 is 23.1 Å². The molecule has 3 rings (SSSR count). The summed E-state index contributed by atoms with van der Waals surface area (Å²) in [4.78, 5) is 15.8. The Balaban J connectivity index is 1.52. The summed E-state index contributed by atoms with van der Waals surface area (Å²) in [5.74, 6) is 0.931. The number of benzene rings is 1. The van der Waals surface area contributed by atoms with Crippen molar-refractivity contribution in [1.82, 2.24) is 5.32 Å². The fourth-order valence-corrected chi connectivity index (χ4v) is 5.62. The summed E-state index contributed by atoms with van der Waals surface area (Å²) in [7, 11) is 0. The smallest absolute Gasteiger partial charge is 0.220 e. The number of aliphatic hydroxyl groups is 1. The van der Waals surface area contributed by atoms with E-state index >= 15 is 0 Å².